The van der Waals surface area contributed by atoms with Crippen LogP contribution in [0.5, 0.6) is 0 Å². The quantitative estimate of drug-likeness (QED) is 0.759. The highest BCUT2D eigenvalue weighted by atomic mass is 16.3. The molecule has 0 bridgehead atoms. The Morgan fingerprint density at radius 1 is 0.958 bits per heavy atom. The molecule has 6 nitrogen and oxygen atoms in total. The number of amides is 1. The molecular weight excluding hydrogens is 304 g/mol. The highest BCUT2D eigenvalue weighted by molar-refractivity contribution is 6.02. The second kappa shape index (κ2) is 6.54. The minimum atomic E-state index is -0.289. The summed E-state index contributed by atoms with van der Waals surface area (Å²) >= 11 is 0. The number of nitrogens with one attached hydrogen (secondary N) is 2. The number of nitrogens with zero attached hydrogens (tertiary/aromatic N) is 2. The molecule has 3 rings (SSSR count). The van der Waals surface area contributed by atoms with Crippen LogP contribution in [0.4, 0.5) is 17.3 Å². The molecule has 2 heterocycles. The fourth-order valence-corrected chi connectivity index (χ4v) is 2.33. The highest BCUT2D eigenvalue weighted by Gasteiger charge is 2.10. The first-order valence-corrected chi connectivity index (χ1v) is 7.57. The molecule has 2 aromatic heterocycles. The molecule has 0 unspecified atom stereocenters. The summed E-state index contributed by atoms with van der Waals surface area (Å²) < 4.78 is 5.32. The fourth-order valence-electron chi connectivity index (χ4n) is 2.33. The Hall–Kier alpha value is -3.15. The van der Waals surface area contributed by atoms with Crippen molar-refractivity contribution >= 4 is 23.2 Å². The van der Waals surface area contributed by atoms with Gasteiger partial charge in [0.25, 0.3) is 5.91 Å². The Labute approximate surface area is 140 Å². The number of aromatic nitrogens is 2. The van der Waals surface area contributed by atoms with Gasteiger partial charge in [-0.3, -0.25) is 4.79 Å². The van der Waals surface area contributed by atoms with E-state index in [4.69, 9.17) is 4.42 Å². The van der Waals surface area contributed by atoms with E-state index in [0.717, 1.165) is 17.1 Å². The first-order valence-electron chi connectivity index (χ1n) is 7.57. The number of carbonyl (C=O) groups is 1. The maximum atomic E-state index is 12.1. The Bertz CT molecular complexity index is 866. The van der Waals surface area contributed by atoms with Crippen molar-refractivity contribution in [1.29, 1.82) is 0 Å². The second-order valence-electron chi connectivity index (χ2n) is 5.54. The minimum Gasteiger partial charge on any atom is -0.456 e. The molecule has 0 fully saturated rings. The van der Waals surface area contributed by atoms with Crippen molar-refractivity contribution in [2.75, 3.05) is 10.6 Å². The Morgan fingerprint density at radius 3 is 2.33 bits per heavy atom. The summed E-state index contributed by atoms with van der Waals surface area (Å²) in [5.74, 6) is 1.21. The number of hydrogen-bond acceptors (Lipinski definition) is 5. The maximum Gasteiger partial charge on any atom is 0.291 e. The van der Waals surface area contributed by atoms with Gasteiger partial charge < -0.3 is 15.1 Å². The van der Waals surface area contributed by atoms with Gasteiger partial charge in [0.05, 0.1) is 0 Å². The first kappa shape index (κ1) is 15.7. The van der Waals surface area contributed by atoms with E-state index in [-0.39, 0.29) is 11.7 Å². The van der Waals surface area contributed by atoms with Gasteiger partial charge >= 0.3 is 0 Å². The van der Waals surface area contributed by atoms with Crippen LogP contribution in [0.1, 0.15) is 27.7 Å². The molecule has 0 spiro atoms. The van der Waals surface area contributed by atoms with Gasteiger partial charge in [-0.05, 0) is 57.2 Å². The van der Waals surface area contributed by atoms with Gasteiger partial charge in [-0.1, -0.05) is 6.07 Å². The summed E-state index contributed by atoms with van der Waals surface area (Å²) in [5.41, 5.74) is 3.22. The van der Waals surface area contributed by atoms with Crippen molar-refractivity contribution in [3.05, 3.63) is 65.4 Å². The topological polar surface area (TPSA) is 80.0 Å². The Balaban J connectivity index is 1.75. The van der Waals surface area contributed by atoms with E-state index in [0.29, 0.717) is 17.4 Å². The predicted molar refractivity (Wildman–Crippen MR) is 92.6 cm³/mol. The summed E-state index contributed by atoms with van der Waals surface area (Å²) in [6, 6.07) is 12.7. The number of hydrogen-bond donors (Lipinski definition) is 2. The molecule has 1 amide bonds. The molecule has 3 aromatic rings. The number of aryl methyl sites for hydroxylation is 3. The van der Waals surface area contributed by atoms with Crippen molar-refractivity contribution in [3.8, 4) is 0 Å². The average Bonchev–Trinajstić information content (AvgIpc) is 2.93. The second-order valence-corrected chi connectivity index (χ2v) is 5.54. The van der Waals surface area contributed by atoms with E-state index in [1.807, 2.05) is 38.1 Å². The van der Waals surface area contributed by atoms with Crippen LogP contribution in [0.15, 0.2) is 46.9 Å². The third kappa shape index (κ3) is 3.78. The average molecular weight is 322 g/mol. The summed E-state index contributed by atoms with van der Waals surface area (Å²) in [5, 5.41) is 5.95. The number of rotatable bonds is 4. The molecule has 122 valence electrons. The SMILES string of the molecule is Cc1cc(C)nc(Nc2cccc(NC(=O)c3ccc(C)o3)c2)n1. The molecule has 0 saturated carbocycles. The van der Waals surface area contributed by atoms with Gasteiger partial charge in [0.15, 0.2) is 5.76 Å². The van der Waals surface area contributed by atoms with Crippen molar-refractivity contribution < 1.29 is 9.21 Å². The molecule has 24 heavy (non-hydrogen) atoms. The smallest absolute Gasteiger partial charge is 0.291 e. The highest BCUT2D eigenvalue weighted by Crippen LogP contribution is 2.19. The van der Waals surface area contributed by atoms with E-state index < -0.39 is 0 Å². The van der Waals surface area contributed by atoms with E-state index in [9.17, 15) is 4.79 Å². The largest absolute Gasteiger partial charge is 0.456 e. The summed E-state index contributed by atoms with van der Waals surface area (Å²) in [7, 11) is 0. The fraction of sp³-hybridized carbons (Fsp3) is 0.167. The van der Waals surface area contributed by atoms with Gasteiger partial charge in [0, 0.05) is 22.8 Å². The van der Waals surface area contributed by atoms with Crippen LogP contribution in [-0.2, 0) is 0 Å². The monoisotopic (exact) mass is 322 g/mol. The lowest BCUT2D eigenvalue weighted by atomic mass is 10.2. The number of furan rings is 1. The van der Waals surface area contributed by atoms with Crippen LogP contribution in [-0.4, -0.2) is 15.9 Å². The van der Waals surface area contributed by atoms with Crippen LogP contribution < -0.4 is 10.6 Å². The standard InChI is InChI=1S/C18H18N4O2/c1-11-9-12(2)20-18(19-11)22-15-6-4-5-14(10-15)21-17(23)16-8-7-13(3)24-16/h4-10H,1-3H3,(H,21,23)(H,19,20,22). The summed E-state index contributed by atoms with van der Waals surface area (Å²) in [6.07, 6.45) is 0. The summed E-state index contributed by atoms with van der Waals surface area (Å²) in [6.45, 7) is 5.63. The van der Waals surface area contributed by atoms with Gasteiger partial charge in [0.1, 0.15) is 5.76 Å². The molecule has 1 aromatic carbocycles. The van der Waals surface area contributed by atoms with Gasteiger partial charge in [-0.2, -0.15) is 0 Å². The number of benzene rings is 1. The molecule has 0 atom stereocenters. The number of anilines is 3. The van der Waals surface area contributed by atoms with Gasteiger partial charge in [-0.25, -0.2) is 9.97 Å². The van der Waals surface area contributed by atoms with E-state index in [1.165, 1.54) is 0 Å². The predicted octanol–water partition coefficient (Wildman–Crippen LogP) is 3.99. The molecule has 6 heteroatoms. The molecule has 0 aliphatic carbocycles. The lowest BCUT2D eigenvalue weighted by Gasteiger charge is -2.09. The molecule has 2 N–H and O–H groups in total. The normalized spacial score (nSPS) is 10.5. The van der Waals surface area contributed by atoms with Crippen LogP contribution in [0.25, 0.3) is 0 Å². The van der Waals surface area contributed by atoms with Crippen LogP contribution in [0.2, 0.25) is 0 Å². The zero-order valence-corrected chi connectivity index (χ0v) is 13.8. The van der Waals surface area contributed by atoms with Crippen molar-refractivity contribution in [3.63, 3.8) is 0 Å². The first-order chi connectivity index (χ1) is 11.5. The number of carbonyl (C=O) groups excluding carboxylic acids is 1. The van der Waals surface area contributed by atoms with Gasteiger partial charge in [-0.15, -0.1) is 0 Å². The molecule has 0 aliphatic heterocycles. The van der Waals surface area contributed by atoms with Crippen molar-refractivity contribution in [2.24, 2.45) is 0 Å². The minimum absolute atomic E-state index is 0.281. The third-order valence-corrected chi connectivity index (χ3v) is 3.32. The third-order valence-electron chi connectivity index (χ3n) is 3.32. The molecular formula is C18H18N4O2. The van der Waals surface area contributed by atoms with Crippen molar-refractivity contribution in [2.45, 2.75) is 20.8 Å². The lowest BCUT2D eigenvalue weighted by molar-refractivity contribution is 0.0995. The van der Waals surface area contributed by atoms with Gasteiger partial charge in [0.2, 0.25) is 5.95 Å². The van der Waals surface area contributed by atoms with E-state index >= 15 is 0 Å². The van der Waals surface area contributed by atoms with Crippen LogP contribution in [0, 0.1) is 20.8 Å². The summed E-state index contributed by atoms with van der Waals surface area (Å²) in [4.78, 5) is 20.8. The lowest BCUT2D eigenvalue weighted by Crippen LogP contribution is -2.11. The molecule has 0 saturated heterocycles. The van der Waals surface area contributed by atoms with E-state index in [2.05, 4.69) is 20.6 Å². The van der Waals surface area contributed by atoms with Crippen LogP contribution in [0.3, 0.4) is 0 Å². The Morgan fingerprint density at radius 2 is 1.67 bits per heavy atom. The van der Waals surface area contributed by atoms with E-state index in [1.54, 1.807) is 25.1 Å². The maximum absolute atomic E-state index is 12.1. The Kier molecular flexibility index (Phi) is 4.29. The van der Waals surface area contributed by atoms with Crippen LogP contribution >= 0.6 is 0 Å². The zero-order valence-electron chi connectivity index (χ0n) is 13.8. The zero-order chi connectivity index (χ0) is 17.1. The molecule has 0 radical (unpaired) electrons. The van der Waals surface area contributed by atoms with Crippen molar-refractivity contribution in [1.82, 2.24) is 9.97 Å². The molecule has 0 aliphatic rings.